The Hall–Kier alpha value is -3.41. The van der Waals surface area contributed by atoms with Crippen molar-refractivity contribution < 1.29 is 9.59 Å². The Morgan fingerprint density at radius 1 is 1.07 bits per heavy atom. The third-order valence-corrected chi connectivity index (χ3v) is 4.59. The van der Waals surface area contributed by atoms with Crippen molar-refractivity contribution in [2.24, 2.45) is 0 Å². The molecule has 2 heterocycles. The molecule has 0 aliphatic rings. The van der Waals surface area contributed by atoms with Crippen LogP contribution in [0.15, 0.2) is 54.7 Å². The molecule has 0 saturated carbocycles. The molecular formula is C22H24N4O2. The molecule has 0 bridgehead atoms. The number of carbonyl (C=O) groups excluding carboxylic acids is 2. The van der Waals surface area contributed by atoms with Gasteiger partial charge in [0, 0.05) is 30.3 Å². The minimum absolute atomic E-state index is 0.0521. The highest BCUT2D eigenvalue weighted by atomic mass is 16.2. The Morgan fingerprint density at radius 3 is 2.46 bits per heavy atom. The average Bonchev–Trinajstić information content (AvgIpc) is 2.95. The average molecular weight is 376 g/mol. The predicted octanol–water partition coefficient (Wildman–Crippen LogP) is 3.51. The van der Waals surface area contributed by atoms with Crippen LogP contribution in [0, 0.1) is 20.8 Å². The lowest BCUT2D eigenvalue weighted by Gasteiger charge is -2.17. The summed E-state index contributed by atoms with van der Waals surface area (Å²) in [7, 11) is 1.63. The number of nitrogens with one attached hydrogen (secondary N) is 1. The molecule has 0 atom stereocenters. The van der Waals surface area contributed by atoms with E-state index >= 15 is 0 Å². The topological polar surface area (TPSA) is 67.2 Å². The van der Waals surface area contributed by atoms with E-state index in [2.05, 4.69) is 10.3 Å². The summed E-state index contributed by atoms with van der Waals surface area (Å²) in [4.78, 5) is 30.8. The van der Waals surface area contributed by atoms with Gasteiger partial charge in [-0.15, -0.1) is 0 Å². The molecule has 28 heavy (non-hydrogen) atoms. The van der Waals surface area contributed by atoms with E-state index in [0.29, 0.717) is 11.4 Å². The Labute approximate surface area is 164 Å². The maximum absolute atomic E-state index is 12.9. The Morgan fingerprint density at radius 2 is 1.79 bits per heavy atom. The van der Waals surface area contributed by atoms with Crippen LogP contribution in [0.2, 0.25) is 0 Å². The van der Waals surface area contributed by atoms with E-state index in [0.717, 1.165) is 22.6 Å². The smallest absolute Gasteiger partial charge is 0.255 e. The fourth-order valence-corrected chi connectivity index (χ4v) is 3.23. The van der Waals surface area contributed by atoms with Gasteiger partial charge in [0.25, 0.3) is 5.91 Å². The minimum atomic E-state index is -0.286. The van der Waals surface area contributed by atoms with Gasteiger partial charge in [0.2, 0.25) is 5.91 Å². The normalized spacial score (nSPS) is 10.6. The fourth-order valence-electron chi connectivity index (χ4n) is 3.23. The number of aryl methyl sites for hydroxylation is 2. The molecule has 0 radical (unpaired) electrons. The number of likely N-dealkylation sites (N-methyl/N-ethyl adjacent to an activating group) is 1. The fraction of sp³-hybridized carbons (Fsp3) is 0.227. The SMILES string of the molecule is Cc1ccnc(NC(=O)CN(C)C(=O)c2cc(C)n(-c3ccccc3)c2C)c1. The third kappa shape index (κ3) is 4.11. The van der Waals surface area contributed by atoms with Crippen molar-refractivity contribution >= 4 is 17.6 Å². The largest absolute Gasteiger partial charge is 0.332 e. The van der Waals surface area contributed by atoms with E-state index in [4.69, 9.17) is 0 Å². The van der Waals surface area contributed by atoms with Crippen molar-refractivity contribution in [2.45, 2.75) is 20.8 Å². The van der Waals surface area contributed by atoms with E-state index in [-0.39, 0.29) is 18.4 Å². The lowest BCUT2D eigenvalue weighted by Crippen LogP contribution is -2.35. The van der Waals surface area contributed by atoms with Crippen molar-refractivity contribution in [1.82, 2.24) is 14.5 Å². The van der Waals surface area contributed by atoms with Gasteiger partial charge in [-0.25, -0.2) is 4.98 Å². The van der Waals surface area contributed by atoms with Crippen LogP contribution < -0.4 is 5.32 Å². The molecule has 3 rings (SSSR count). The van der Waals surface area contributed by atoms with E-state index in [1.165, 1.54) is 4.90 Å². The second kappa shape index (κ2) is 8.08. The number of anilines is 1. The number of amides is 2. The van der Waals surface area contributed by atoms with E-state index in [1.54, 1.807) is 19.3 Å². The highest BCUT2D eigenvalue weighted by Gasteiger charge is 2.21. The molecule has 0 spiro atoms. The number of rotatable bonds is 5. The first-order valence-corrected chi connectivity index (χ1v) is 9.09. The summed E-state index contributed by atoms with van der Waals surface area (Å²) in [6.07, 6.45) is 1.64. The number of pyridine rings is 1. The zero-order valence-corrected chi connectivity index (χ0v) is 16.6. The number of aromatic nitrogens is 2. The number of hydrogen-bond acceptors (Lipinski definition) is 3. The maximum Gasteiger partial charge on any atom is 0.255 e. The summed E-state index contributed by atoms with van der Waals surface area (Å²) >= 11 is 0. The van der Waals surface area contributed by atoms with Crippen molar-refractivity contribution in [3.05, 3.63) is 77.2 Å². The van der Waals surface area contributed by atoms with E-state index in [9.17, 15) is 9.59 Å². The summed E-state index contributed by atoms with van der Waals surface area (Å²) in [5.74, 6) is 0.00144. The minimum Gasteiger partial charge on any atom is -0.332 e. The first kappa shape index (κ1) is 19.4. The molecule has 3 aromatic rings. The number of carbonyl (C=O) groups is 2. The predicted molar refractivity (Wildman–Crippen MR) is 110 cm³/mol. The van der Waals surface area contributed by atoms with Gasteiger partial charge in [-0.2, -0.15) is 0 Å². The zero-order chi connectivity index (χ0) is 20.3. The van der Waals surface area contributed by atoms with Crippen LogP contribution in [0.5, 0.6) is 0 Å². The standard InChI is InChI=1S/C22H24N4O2/c1-15-10-11-23-20(12-15)24-21(27)14-25(4)22(28)19-13-16(2)26(17(19)3)18-8-6-5-7-9-18/h5-13H,14H2,1-4H3,(H,23,24,27). The third-order valence-electron chi connectivity index (χ3n) is 4.59. The Bertz CT molecular complexity index is 1010. The number of nitrogens with zero attached hydrogens (tertiary/aromatic N) is 3. The zero-order valence-electron chi connectivity index (χ0n) is 16.6. The van der Waals surface area contributed by atoms with Crippen LogP contribution in [0.1, 0.15) is 27.3 Å². The Kier molecular flexibility index (Phi) is 5.59. The lowest BCUT2D eigenvalue weighted by molar-refractivity contribution is -0.116. The van der Waals surface area contributed by atoms with E-state index < -0.39 is 0 Å². The number of hydrogen-bond donors (Lipinski definition) is 1. The molecule has 6 heteroatoms. The summed E-state index contributed by atoms with van der Waals surface area (Å²) < 4.78 is 2.04. The highest BCUT2D eigenvalue weighted by Crippen LogP contribution is 2.21. The van der Waals surface area contributed by atoms with Crippen LogP contribution in [0.3, 0.4) is 0 Å². The van der Waals surface area contributed by atoms with Gasteiger partial charge in [0.05, 0.1) is 12.1 Å². The molecule has 2 amide bonds. The second-order valence-electron chi connectivity index (χ2n) is 6.88. The van der Waals surface area contributed by atoms with Crippen LogP contribution in [0.25, 0.3) is 5.69 Å². The molecule has 0 unspecified atom stereocenters. The quantitative estimate of drug-likeness (QED) is 0.741. The molecule has 1 aromatic carbocycles. The van der Waals surface area contributed by atoms with Gasteiger partial charge in [-0.3, -0.25) is 9.59 Å². The molecule has 0 saturated heterocycles. The summed E-state index contributed by atoms with van der Waals surface area (Å²) in [5.41, 5.74) is 4.41. The van der Waals surface area contributed by atoms with Crippen LogP contribution >= 0.6 is 0 Å². The van der Waals surface area contributed by atoms with Crippen LogP contribution in [0.4, 0.5) is 5.82 Å². The molecule has 0 fully saturated rings. The van der Waals surface area contributed by atoms with Crippen molar-refractivity contribution in [3.8, 4) is 5.69 Å². The van der Waals surface area contributed by atoms with Crippen molar-refractivity contribution in [1.29, 1.82) is 0 Å². The maximum atomic E-state index is 12.9. The number of benzene rings is 1. The summed E-state index contributed by atoms with van der Waals surface area (Å²) in [5, 5.41) is 2.73. The second-order valence-corrected chi connectivity index (χ2v) is 6.88. The summed E-state index contributed by atoms with van der Waals surface area (Å²) in [6.45, 7) is 5.75. The molecule has 0 aliphatic carbocycles. The monoisotopic (exact) mass is 376 g/mol. The van der Waals surface area contributed by atoms with Crippen LogP contribution in [-0.2, 0) is 4.79 Å². The first-order valence-electron chi connectivity index (χ1n) is 9.09. The van der Waals surface area contributed by atoms with Gasteiger partial charge in [0.1, 0.15) is 5.82 Å². The summed E-state index contributed by atoms with van der Waals surface area (Å²) in [6, 6.07) is 15.4. The van der Waals surface area contributed by atoms with Crippen LogP contribution in [-0.4, -0.2) is 39.9 Å². The molecule has 1 N–H and O–H groups in total. The molecular weight excluding hydrogens is 352 g/mol. The first-order chi connectivity index (χ1) is 13.4. The number of para-hydroxylation sites is 1. The van der Waals surface area contributed by atoms with Gasteiger partial charge in [0.15, 0.2) is 0 Å². The Balaban J connectivity index is 1.74. The van der Waals surface area contributed by atoms with Gasteiger partial charge < -0.3 is 14.8 Å². The van der Waals surface area contributed by atoms with Gasteiger partial charge in [-0.05, 0) is 56.7 Å². The molecule has 2 aromatic heterocycles. The van der Waals surface area contributed by atoms with E-state index in [1.807, 2.05) is 67.8 Å². The highest BCUT2D eigenvalue weighted by molar-refractivity contribution is 6.00. The van der Waals surface area contributed by atoms with Gasteiger partial charge >= 0.3 is 0 Å². The molecule has 0 aliphatic heterocycles. The lowest BCUT2D eigenvalue weighted by atomic mass is 10.2. The molecule has 144 valence electrons. The van der Waals surface area contributed by atoms with Crippen molar-refractivity contribution in [3.63, 3.8) is 0 Å². The molecule has 6 nitrogen and oxygen atoms in total. The van der Waals surface area contributed by atoms with Crippen molar-refractivity contribution in [2.75, 3.05) is 18.9 Å². The van der Waals surface area contributed by atoms with Gasteiger partial charge in [-0.1, -0.05) is 18.2 Å².